The molecule has 0 aliphatic heterocycles. The maximum atomic E-state index is 10.8. The Balaban J connectivity index is 2.90. The maximum absolute atomic E-state index is 10.8. The van der Waals surface area contributed by atoms with E-state index >= 15 is 0 Å². The minimum Gasteiger partial charge on any atom is -0.496 e. The fraction of sp³-hybridized carbons (Fsp3) is 0.462. The summed E-state index contributed by atoms with van der Waals surface area (Å²) in [5.41, 5.74) is 0.223. The number of methoxy groups -OCH3 is 2. The Labute approximate surface area is 101 Å². The van der Waals surface area contributed by atoms with Gasteiger partial charge in [-0.3, -0.25) is 4.79 Å². The fourth-order valence-corrected chi connectivity index (χ4v) is 1.78. The first-order valence-corrected chi connectivity index (χ1v) is 5.39. The number of rotatable bonds is 6. The van der Waals surface area contributed by atoms with E-state index in [4.69, 9.17) is 14.6 Å². The van der Waals surface area contributed by atoms with Crippen molar-refractivity contribution in [3.8, 4) is 5.75 Å². The fourth-order valence-electron chi connectivity index (χ4n) is 1.78. The van der Waals surface area contributed by atoms with E-state index in [1.165, 1.54) is 7.11 Å². The molecule has 1 N–H and O–H groups in total. The molecule has 0 heterocycles. The topological polar surface area (TPSA) is 55.8 Å². The summed E-state index contributed by atoms with van der Waals surface area (Å²) in [7, 11) is 3.12. The zero-order chi connectivity index (χ0) is 12.9. The second-order valence-electron chi connectivity index (χ2n) is 4.21. The molecular weight excluding hydrogens is 220 g/mol. The highest BCUT2D eigenvalue weighted by Crippen LogP contribution is 2.26. The van der Waals surface area contributed by atoms with Crippen molar-refractivity contribution in [2.24, 2.45) is 0 Å². The minimum absolute atomic E-state index is 0.0401. The molecule has 1 unspecified atom stereocenters. The number of ether oxygens (including phenoxy) is 2. The second kappa shape index (κ2) is 5.68. The maximum Gasteiger partial charge on any atom is 0.306 e. The van der Waals surface area contributed by atoms with E-state index in [2.05, 4.69) is 0 Å². The third-order valence-corrected chi connectivity index (χ3v) is 2.77. The van der Waals surface area contributed by atoms with Crippen LogP contribution in [-0.4, -0.2) is 30.9 Å². The van der Waals surface area contributed by atoms with Crippen LogP contribution in [-0.2, 0) is 16.0 Å². The Morgan fingerprint density at radius 3 is 2.53 bits per heavy atom. The lowest BCUT2D eigenvalue weighted by molar-refractivity contribution is -0.143. The third kappa shape index (κ3) is 3.75. The molecule has 0 saturated heterocycles. The lowest BCUT2D eigenvalue weighted by Gasteiger charge is -2.27. The Bertz CT molecular complexity index is 389. The number of hydrogen-bond donors (Lipinski definition) is 1. The monoisotopic (exact) mass is 238 g/mol. The third-order valence-electron chi connectivity index (χ3n) is 2.77. The van der Waals surface area contributed by atoms with Crippen LogP contribution in [0.3, 0.4) is 0 Å². The molecule has 0 bridgehead atoms. The lowest BCUT2D eigenvalue weighted by atomic mass is 9.92. The van der Waals surface area contributed by atoms with Gasteiger partial charge in [0.05, 0.1) is 19.1 Å². The van der Waals surface area contributed by atoms with Gasteiger partial charge in [0.15, 0.2) is 0 Å². The number of benzene rings is 1. The van der Waals surface area contributed by atoms with E-state index in [9.17, 15) is 4.79 Å². The van der Waals surface area contributed by atoms with Gasteiger partial charge < -0.3 is 14.6 Å². The van der Waals surface area contributed by atoms with Crippen LogP contribution in [0.15, 0.2) is 24.3 Å². The second-order valence-corrected chi connectivity index (χ2v) is 4.21. The Morgan fingerprint density at radius 2 is 2.00 bits per heavy atom. The van der Waals surface area contributed by atoms with Gasteiger partial charge in [0.25, 0.3) is 0 Å². The zero-order valence-corrected chi connectivity index (χ0v) is 10.4. The summed E-state index contributed by atoms with van der Waals surface area (Å²) in [5.74, 6) is -0.120. The molecule has 0 saturated carbocycles. The first kappa shape index (κ1) is 13.5. The molecule has 4 heteroatoms. The average Bonchev–Trinajstić information content (AvgIpc) is 2.28. The van der Waals surface area contributed by atoms with Gasteiger partial charge in [-0.2, -0.15) is 0 Å². The molecule has 0 amide bonds. The Hall–Kier alpha value is -1.55. The highest BCUT2D eigenvalue weighted by Gasteiger charge is 2.28. The van der Waals surface area contributed by atoms with Crippen molar-refractivity contribution in [1.82, 2.24) is 0 Å². The number of carboxylic acids is 1. The predicted molar refractivity (Wildman–Crippen MR) is 64.4 cm³/mol. The number of carboxylic acid groups (broad SMARTS) is 1. The van der Waals surface area contributed by atoms with E-state index in [1.807, 2.05) is 24.3 Å². The molecule has 0 aliphatic carbocycles. The Morgan fingerprint density at radius 1 is 1.35 bits per heavy atom. The van der Waals surface area contributed by atoms with Gasteiger partial charge in [0.2, 0.25) is 0 Å². The van der Waals surface area contributed by atoms with E-state index < -0.39 is 11.6 Å². The largest absolute Gasteiger partial charge is 0.496 e. The summed E-state index contributed by atoms with van der Waals surface area (Å²) in [5, 5.41) is 8.87. The van der Waals surface area contributed by atoms with Crippen molar-refractivity contribution >= 4 is 5.97 Å². The van der Waals surface area contributed by atoms with Crippen molar-refractivity contribution in [3.63, 3.8) is 0 Å². The van der Waals surface area contributed by atoms with Gasteiger partial charge in [-0.1, -0.05) is 18.2 Å². The van der Waals surface area contributed by atoms with Gasteiger partial charge in [0.1, 0.15) is 5.75 Å². The molecule has 1 aromatic rings. The van der Waals surface area contributed by atoms with E-state index in [-0.39, 0.29) is 6.42 Å². The predicted octanol–water partition coefficient (Wildman–Crippen LogP) is 2.12. The van der Waals surface area contributed by atoms with E-state index in [0.29, 0.717) is 6.42 Å². The molecule has 0 radical (unpaired) electrons. The average molecular weight is 238 g/mol. The van der Waals surface area contributed by atoms with Gasteiger partial charge in [-0.05, 0) is 18.6 Å². The molecule has 0 spiro atoms. The van der Waals surface area contributed by atoms with Crippen molar-refractivity contribution in [2.45, 2.75) is 25.4 Å². The van der Waals surface area contributed by atoms with Gasteiger partial charge in [-0.25, -0.2) is 0 Å². The number of aliphatic carboxylic acids is 1. The number of para-hydroxylation sites is 1. The molecule has 4 nitrogen and oxygen atoms in total. The molecule has 94 valence electrons. The molecular formula is C13H18O4. The van der Waals surface area contributed by atoms with Crippen LogP contribution in [0.4, 0.5) is 0 Å². The summed E-state index contributed by atoms with van der Waals surface area (Å²) in [4.78, 5) is 10.8. The highest BCUT2D eigenvalue weighted by atomic mass is 16.5. The molecule has 1 aromatic carbocycles. The smallest absolute Gasteiger partial charge is 0.306 e. The van der Waals surface area contributed by atoms with Crippen LogP contribution in [0.5, 0.6) is 5.75 Å². The summed E-state index contributed by atoms with van der Waals surface area (Å²) in [6.07, 6.45) is 0.460. The standard InChI is InChI=1S/C13H18O4/c1-13(17-3,9-12(14)15)8-10-6-4-5-7-11(10)16-2/h4-7H,8-9H2,1-3H3,(H,14,15). The van der Waals surface area contributed by atoms with Crippen molar-refractivity contribution in [2.75, 3.05) is 14.2 Å². The molecule has 0 aliphatic rings. The van der Waals surface area contributed by atoms with Crippen LogP contribution >= 0.6 is 0 Å². The van der Waals surface area contributed by atoms with Crippen molar-refractivity contribution < 1.29 is 19.4 Å². The van der Waals surface area contributed by atoms with E-state index in [1.54, 1.807) is 14.0 Å². The van der Waals surface area contributed by atoms with Gasteiger partial charge >= 0.3 is 5.97 Å². The molecule has 1 rings (SSSR count). The van der Waals surface area contributed by atoms with Crippen molar-refractivity contribution in [1.29, 1.82) is 0 Å². The van der Waals surface area contributed by atoms with Gasteiger partial charge in [-0.15, -0.1) is 0 Å². The molecule has 1 atom stereocenters. The van der Waals surface area contributed by atoms with E-state index in [0.717, 1.165) is 11.3 Å². The lowest BCUT2D eigenvalue weighted by Crippen LogP contribution is -2.33. The summed E-state index contributed by atoms with van der Waals surface area (Å²) in [6, 6.07) is 7.54. The minimum atomic E-state index is -0.871. The van der Waals surface area contributed by atoms with Crippen LogP contribution in [0.1, 0.15) is 18.9 Å². The first-order valence-electron chi connectivity index (χ1n) is 5.39. The van der Waals surface area contributed by atoms with Gasteiger partial charge in [0, 0.05) is 13.5 Å². The zero-order valence-electron chi connectivity index (χ0n) is 10.4. The normalized spacial score (nSPS) is 14.1. The van der Waals surface area contributed by atoms with Crippen molar-refractivity contribution in [3.05, 3.63) is 29.8 Å². The highest BCUT2D eigenvalue weighted by molar-refractivity contribution is 5.68. The van der Waals surface area contributed by atoms with Crippen LogP contribution in [0.25, 0.3) is 0 Å². The van der Waals surface area contributed by atoms with Crippen LogP contribution in [0, 0.1) is 0 Å². The summed E-state index contributed by atoms with van der Waals surface area (Å²) >= 11 is 0. The SMILES string of the molecule is COc1ccccc1CC(C)(CC(=O)O)OC. The number of hydrogen-bond acceptors (Lipinski definition) is 3. The van der Waals surface area contributed by atoms with Crippen LogP contribution < -0.4 is 4.74 Å². The summed E-state index contributed by atoms with van der Waals surface area (Å²) < 4.78 is 10.6. The van der Waals surface area contributed by atoms with Crippen LogP contribution in [0.2, 0.25) is 0 Å². The Kier molecular flexibility index (Phi) is 4.52. The summed E-state index contributed by atoms with van der Waals surface area (Å²) in [6.45, 7) is 1.79. The molecule has 0 aromatic heterocycles. The molecule has 17 heavy (non-hydrogen) atoms. The first-order chi connectivity index (χ1) is 8.00. The number of carbonyl (C=O) groups is 1. The molecule has 0 fully saturated rings. The quantitative estimate of drug-likeness (QED) is 0.824.